The van der Waals surface area contributed by atoms with Gasteiger partial charge in [-0.2, -0.15) is 0 Å². The highest BCUT2D eigenvalue weighted by atomic mass is 31.2. The van der Waals surface area contributed by atoms with Crippen LogP contribution in [0.1, 0.15) is 290 Å². The number of aliphatic hydroxyl groups excluding tert-OH is 1. The Kier molecular flexibility index (Phi) is 50.7. The lowest BCUT2D eigenvalue weighted by Crippen LogP contribution is -2.45. The Morgan fingerprint density at radius 2 is 0.812 bits per heavy atom. The van der Waals surface area contributed by atoms with Crippen LogP contribution in [-0.4, -0.2) is 68.5 Å². The second kappa shape index (κ2) is 51.6. The number of unbranched alkanes of at least 4 members (excludes halogenated alkanes) is 38. The summed E-state index contributed by atoms with van der Waals surface area (Å²) in [5, 5.41) is 13.9. The molecule has 0 heterocycles. The monoisotopic (exact) mass is 993 g/mol. The van der Waals surface area contributed by atoms with E-state index in [0.717, 1.165) is 38.5 Å². The van der Waals surface area contributed by atoms with E-state index in [-0.39, 0.29) is 12.5 Å². The molecule has 0 aliphatic carbocycles. The van der Waals surface area contributed by atoms with Gasteiger partial charge in [-0.25, -0.2) is 0 Å². The van der Waals surface area contributed by atoms with E-state index >= 15 is 0 Å². The van der Waals surface area contributed by atoms with Crippen LogP contribution in [0.5, 0.6) is 0 Å². The Balaban J connectivity index is 4.15. The molecular formula is C60H117N2O6P. The maximum absolute atomic E-state index is 13.0. The van der Waals surface area contributed by atoms with E-state index in [1.807, 2.05) is 27.2 Å². The van der Waals surface area contributed by atoms with Crippen LogP contribution in [0, 0.1) is 0 Å². The number of phosphoric ester groups is 1. The molecule has 69 heavy (non-hydrogen) atoms. The summed E-state index contributed by atoms with van der Waals surface area (Å²) in [7, 11) is 1.25. The number of hydrogen-bond donors (Lipinski definition) is 2. The summed E-state index contributed by atoms with van der Waals surface area (Å²) >= 11 is 0. The van der Waals surface area contributed by atoms with Crippen molar-refractivity contribution in [3.05, 3.63) is 36.5 Å². The van der Waals surface area contributed by atoms with E-state index in [1.165, 1.54) is 231 Å². The van der Waals surface area contributed by atoms with Crippen LogP contribution >= 0.6 is 7.82 Å². The summed E-state index contributed by atoms with van der Waals surface area (Å²) in [6, 6.07) is -0.903. The van der Waals surface area contributed by atoms with Gasteiger partial charge < -0.3 is 28.8 Å². The van der Waals surface area contributed by atoms with Crippen LogP contribution in [-0.2, 0) is 18.4 Å². The van der Waals surface area contributed by atoms with Crippen molar-refractivity contribution in [2.24, 2.45) is 0 Å². The fraction of sp³-hybridized carbons (Fsp3) is 0.883. The number of quaternary nitrogens is 1. The summed E-state index contributed by atoms with van der Waals surface area (Å²) in [4.78, 5) is 25.5. The van der Waals surface area contributed by atoms with Gasteiger partial charge in [0.1, 0.15) is 13.2 Å². The molecule has 0 bridgehead atoms. The zero-order valence-corrected chi connectivity index (χ0v) is 47.4. The van der Waals surface area contributed by atoms with Crippen LogP contribution in [0.3, 0.4) is 0 Å². The van der Waals surface area contributed by atoms with Gasteiger partial charge in [0.05, 0.1) is 39.9 Å². The highest BCUT2D eigenvalue weighted by Gasteiger charge is 2.23. The van der Waals surface area contributed by atoms with Gasteiger partial charge in [0.2, 0.25) is 5.91 Å². The average molecular weight is 994 g/mol. The van der Waals surface area contributed by atoms with E-state index in [1.54, 1.807) is 6.08 Å². The number of hydrogen-bond acceptors (Lipinski definition) is 6. The van der Waals surface area contributed by atoms with Gasteiger partial charge in [-0.1, -0.05) is 262 Å². The van der Waals surface area contributed by atoms with Crippen molar-refractivity contribution in [3.8, 4) is 0 Å². The zero-order valence-electron chi connectivity index (χ0n) is 46.5. The van der Waals surface area contributed by atoms with E-state index in [2.05, 4.69) is 43.5 Å². The number of carbonyl (C=O) groups excluding carboxylic acids is 1. The van der Waals surface area contributed by atoms with Crippen LogP contribution in [0.2, 0.25) is 0 Å². The molecule has 0 spiro atoms. The van der Waals surface area contributed by atoms with E-state index < -0.39 is 26.6 Å². The molecule has 0 fully saturated rings. The van der Waals surface area contributed by atoms with Crippen molar-refractivity contribution in [3.63, 3.8) is 0 Å². The van der Waals surface area contributed by atoms with Crippen LogP contribution in [0.4, 0.5) is 0 Å². The fourth-order valence-corrected chi connectivity index (χ4v) is 9.60. The van der Waals surface area contributed by atoms with Crippen molar-refractivity contribution in [1.82, 2.24) is 5.32 Å². The van der Waals surface area contributed by atoms with Gasteiger partial charge in [0, 0.05) is 6.42 Å². The lowest BCUT2D eigenvalue weighted by molar-refractivity contribution is -0.870. The third-order valence-electron chi connectivity index (χ3n) is 13.6. The average Bonchev–Trinajstić information content (AvgIpc) is 3.31. The molecule has 0 saturated carbocycles. The normalized spacial score (nSPS) is 14.1. The SMILES string of the molecule is CCCCCCCCCCCCCC/C=C\CCCCCCCCCCCCCCCC(=O)NC(COP(=O)([O-])OCC[N+](C)(C)C)C(O)/C=C/CC/C=C/CCCCCCCCCCCCCC. The number of rotatable bonds is 55. The number of allylic oxidation sites excluding steroid dienone is 5. The van der Waals surface area contributed by atoms with Crippen LogP contribution in [0.25, 0.3) is 0 Å². The Labute approximate surface area is 429 Å². The lowest BCUT2D eigenvalue weighted by atomic mass is 10.0. The smallest absolute Gasteiger partial charge is 0.268 e. The lowest BCUT2D eigenvalue weighted by Gasteiger charge is -2.29. The maximum Gasteiger partial charge on any atom is 0.268 e. The van der Waals surface area contributed by atoms with Gasteiger partial charge in [-0.3, -0.25) is 9.36 Å². The molecular weight excluding hydrogens is 876 g/mol. The minimum Gasteiger partial charge on any atom is -0.756 e. The summed E-state index contributed by atoms with van der Waals surface area (Å²) in [6.07, 6.45) is 66.6. The number of aliphatic hydroxyl groups is 1. The van der Waals surface area contributed by atoms with Crippen LogP contribution in [0.15, 0.2) is 36.5 Å². The Morgan fingerprint density at radius 3 is 1.17 bits per heavy atom. The molecule has 0 radical (unpaired) electrons. The topological polar surface area (TPSA) is 108 Å². The van der Waals surface area contributed by atoms with E-state index in [4.69, 9.17) is 9.05 Å². The van der Waals surface area contributed by atoms with Crippen molar-refractivity contribution in [2.75, 3.05) is 40.9 Å². The van der Waals surface area contributed by atoms with E-state index in [9.17, 15) is 19.4 Å². The Hall–Kier alpha value is -1.28. The number of nitrogens with one attached hydrogen (secondary N) is 1. The van der Waals surface area contributed by atoms with Gasteiger partial charge in [-0.05, 0) is 57.8 Å². The maximum atomic E-state index is 13.0. The molecule has 0 aliphatic heterocycles. The van der Waals surface area contributed by atoms with Gasteiger partial charge in [-0.15, -0.1) is 0 Å². The first-order chi connectivity index (χ1) is 33.5. The molecule has 1 amide bonds. The first kappa shape index (κ1) is 67.7. The largest absolute Gasteiger partial charge is 0.756 e. The molecule has 9 heteroatoms. The fourth-order valence-electron chi connectivity index (χ4n) is 8.87. The molecule has 3 atom stereocenters. The summed E-state index contributed by atoms with van der Waals surface area (Å²) < 4.78 is 23.3. The third kappa shape index (κ3) is 54.3. The Morgan fingerprint density at radius 1 is 0.493 bits per heavy atom. The third-order valence-corrected chi connectivity index (χ3v) is 14.5. The number of amides is 1. The second-order valence-corrected chi connectivity index (χ2v) is 23.1. The summed E-state index contributed by atoms with van der Waals surface area (Å²) in [5.74, 6) is -0.204. The van der Waals surface area contributed by atoms with Crippen molar-refractivity contribution >= 4 is 13.7 Å². The molecule has 2 N–H and O–H groups in total. The Bertz CT molecular complexity index is 1220. The number of carbonyl (C=O) groups is 1. The first-order valence-electron chi connectivity index (χ1n) is 29.9. The highest BCUT2D eigenvalue weighted by Crippen LogP contribution is 2.38. The zero-order chi connectivity index (χ0) is 50.6. The van der Waals surface area contributed by atoms with Crippen molar-refractivity contribution < 1.29 is 32.9 Å². The molecule has 0 saturated heterocycles. The number of nitrogens with zero attached hydrogens (tertiary/aromatic N) is 1. The number of phosphoric acid groups is 1. The molecule has 0 aromatic rings. The van der Waals surface area contributed by atoms with Crippen molar-refractivity contribution in [2.45, 2.75) is 302 Å². The van der Waals surface area contributed by atoms with E-state index in [0.29, 0.717) is 17.4 Å². The number of likely N-dealkylation sites (N-methyl/N-ethyl adjacent to an activating group) is 1. The molecule has 8 nitrogen and oxygen atoms in total. The van der Waals surface area contributed by atoms with Crippen molar-refractivity contribution in [1.29, 1.82) is 0 Å². The second-order valence-electron chi connectivity index (χ2n) is 21.7. The summed E-state index contributed by atoms with van der Waals surface area (Å²) in [5.41, 5.74) is 0. The molecule has 0 aromatic carbocycles. The molecule has 0 aliphatic rings. The van der Waals surface area contributed by atoms with Gasteiger partial charge in [0.25, 0.3) is 7.82 Å². The first-order valence-corrected chi connectivity index (χ1v) is 31.3. The predicted molar refractivity (Wildman–Crippen MR) is 298 cm³/mol. The molecule has 0 rings (SSSR count). The van der Waals surface area contributed by atoms with Gasteiger partial charge in [0.15, 0.2) is 0 Å². The molecule has 0 aromatic heterocycles. The molecule has 3 unspecified atom stereocenters. The standard InChI is InChI=1S/C60H117N2O6P/c1-6-8-10-12-14-16-18-20-22-24-26-27-28-29-30-31-32-33-34-35-36-38-40-42-44-46-48-50-52-54-60(64)61-58(57-68-69(65,66)67-56-55-62(3,4)5)59(63)53-51-49-47-45-43-41-39-37-25-23-21-19-17-15-13-11-9-7-2/h29-30,43,45,51,53,58-59,63H,6-28,31-42,44,46-50,52,54-57H2,1-5H3,(H-,61,64,65,66)/b30-29-,45-43+,53-51+. The minimum absolute atomic E-state index is 0.00538. The van der Waals surface area contributed by atoms with Gasteiger partial charge >= 0.3 is 0 Å². The minimum atomic E-state index is -4.60. The van der Waals surface area contributed by atoms with Crippen LogP contribution < -0.4 is 10.2 Å². The quantitative estimate of drug-likeness (QED) is 0.0272. The summed E-state index contributed by atoms with van der Waals surface area (Å²) in [6.45, 7) is 4.66. The highest BCUT2D eigenvalue weighted by molar-refractivity contribution is 7.45. The molecule has 408 valence electrons. The predicted octanol–water partition coefficient (Wildman–Crippen LogP) is 17.5.